The van der Waals surface area contributed by atoms with E-state index in [2.05, 4.69) is 0 Å². The number of nitrogens with zero attached hydrogens (tertiary/aromatic N) is 1. The number of ether oxygens (including phenoxy) is 2. The summed E-state index contributed by atoms with van der Waals surface area (Å²) in [6.45, 7) is 4.46. The van der Waals surface area contributed by atoms with Gasteiger partial charge in [-0.3, -0.25) is 4.79 Å². The number of hydrogen-bond acceptors (Lipinski definition) is 6. The highest BCUT2D eigenvalue weighted by Gasteiger charge is 2.26. The lowest BCUT2D eigenvalue weighted by atomic mass is 10.1. The lowest BCUT2D eigenvalue weighted by Gasteiger charge is -2.20. The maximum Gasteiger partial charge on any atom is 0.344 e. The fraction of sp³-hybridized carbons (Fsp3) is 0.421. The number of carbonyl (C=O) groups excluding carboxylic acids is 2. The van der Waals surface area contributed by atoms with Gasteiger partial charge in [-0.05, 0) is 44.4 Å². The van der Waals surface area contributed by atoms with Crippen molar-refractivity contribution in [2.75, 3.05) is 19.7 Å². The van der Waals surface area contributed by atoms with Gasteiger partial charge in [0, 0.05) is 30.6 Å². The predicted octanol–water partition coefficient (Wildman–Crippen LogP) is 2.03. The van der Waals surface area contributed by atoms with Gasteiger partial charge in [-0.2, -0.15) is 0 Å². The highest BCUT2D eigenvalue weighted by molar-refractivity contribution is 5.84. The molecule has 2 aromatic rings. The van der Waals surface area contributed by atoms with Crippen LogP contribution in [0.15, 0.2) is 33.5 Å². The van der Waals surface area contributed by atoms with Gasteiger partial charge in [-0.25, -0.2) is 9.59 Å². The molecule has 0 N–H and O–H groups in total. The van der Waals surface area contributed by atoms with Crippen molar-refractivity contribution in [3.63, 3.8) is 0 Å². The fourth-order valence-electron chi connectivity index (χ4n) is 3.01. The quantitative estimate of drug-likeness (QED) is 0.600. The molecule has 1 aromatic heterocycles. The molecular formula is C19H21NO6. The third-order valence-corrected chi connectivity index (χ3v) is 4.35. The summed E-state index contributed by atoms with van der Waals surface area (Å²) < 4.78 is 15.7. The van der Waals surface area contributed by atoms with Crippen molar-refractivity contribution in [2.45, 2.75) is 32.8 Å². The van der Waals surface area contributed by atoms with Crippen molar-refractivity contribution >= 4 is 22.8 Å². The van der Waals surface area contributed by atoms with Gasteiger partial charge in [0.15, 0.2) is 12.7 Å². The van der Waals surface area contributed by atoms with E-state index in [0.29, 0.717) is 24.4 Å². The molecule has 1 aliphatic rings. The highest BCUT2D eigenvalue weighted by atomic mass is 16.6. The molecule has 1 aromatic carbocycles. The summed E-state index contributed by atoms with van der Waals surface area (Å²) in [5.41, 5.74) is 0.746. The Labute approximate surface area is 150 Å². The Hall–Kier alpha value is -2.83. The second-order valence-electron chi connectivity index (χ2n) is 6.36. The van der Waals surface area contributed by atoms with E-state index in [1.807, 2.05) is 6.92 Å². The van der Waals surface area contributed by atoms with Crippen LogP contribution in [0, 0.1) is 6.92 Å². The molecule has 7 heteroatoms. The molecule has 2 heterocycles. The Bertz CT molecular complexity index is 881. The number of aryl methyl sites for hydroxylation is 1. The molecule has 1 amide bonds. The zero-order valence-corrected chi connectivity index (χ0v) is 14.8. The van der Waals surface area contributed by atoms with Crippen LogP contribution in [-0.4, -0.2) is 42.6 Å². The van der Waals surface area contributed by atoms with E-state index in [4.69, 9.17) is 13.9 Å². The zero-order chi connectivity index (χ0) is 18.7. The lowest BCUT2D eigenvalue weighted by molar-refractivity contribution is -0.160. The molecule has 0 aliphatic carbocycles. The van der Waals surface area contributed by atoms with E-state index < -0.39 is 17.7 Å². The smallest absolute Gasteiger partial charge is 0.344 e. The third kappa shape index (κ3) is 4.04. The molecular weight excluding hydrogens is 338 g/mol. The summed E-state index contributed by atoms with van der Waals surface area (Å²) in [6.07, 6.45) is 1.13. The van der Waals surface area contributed by atoms with E-state index >= 15 is 0 Å². The molecule has 0 spiro atoms. The molecule has 138 valence electrons. The van der Waals surface area contributed by atoms with Gasteiger partial charge in [-0.15, -0.1) is 0 Å². The predicted molar refractivity (Wildman–Crippen MR) is 94.1 cm³/mol. The topological polar surface area (TPSA) is 86.0 Å². The molecule has 3 rings (SSSR count). The molecule has 0 saturated carbocycles. The summed E-state index contributed by atoms with van der Waals surface area (Å²) >= 11 is 0. The Balaban J connectivity index is 1.58. The maximum atomic E-state index is 12.1. The number of benzene rings is 1. The van der Waals surface area contributed by atoms with Crippen LogP contribution in [0.2, 0.25) is 0 Å². The average molecular weight is 359 g/mol. The van der Waals surface area contributed by atoms with Gasteiger partial charge in [0.25, 0.3) is 5.91 Å². The molecule has 0 radical (unpaired) electrons. The molecule has 26 heavy (non-hydrogen) atoms. The summed E-state index contributed by atoms with van der Waals surface area (Å²) in [5, 5.41) is 0.796. The number of amides is 1. The van der Waals surface area contributed by atoms with Crippen LogP contribution in [0.4, 0.5) is 0 Å². The van der Waals surface area contributed by atoms with Crippen molar-refractivity contribution in [2.24, 2.45) is 0 Å². The number of esters is 1. The van der Waals surface area contributed by atoms with Crippen molar-refractivity contribution in [3.8, 4) is 5.75 Å². The molecule has 1 atom stereocenters. The first-order valence-electron chi connectivity index (χ1n) is 8.59. The molecule has 1 fully saturated rings. The minimum atomic E-state index is -0.832. The van der Waals surface area contributed by atoms with Crippen LogP contribution in [-0.2, 0) is 14.3 Å². The van der Waals surface area contributed by atoms with Gasteiger partial charge < -0.3 is 18.8 Å². The van der Waals surface area contributed by atoms with Gasteiger partial charge in [-0.1, -0.05) is 0 Å². The van der Waals surface area contributed by atoms with Gasteiger partial charge in [0.05, 0.1) is 0 Å². The molecule has 1 saturated heterocycles. The van der Waals surface area contributed by atoms with Crippen molar-refractivity contribution in [1.82, 2.24) is 4.90 Å². The van der Waals surface area contributed by atoms with Crippen LogP contribution in [0.1, 0.15) is 25.3 Å². The van der Waals surface area contributed by atoms with Crippen LogP contribution in [0.3, 0.4) is 0 Å². The summed E-state index contributed by atoms with van der Waals surface area (Å²) in [4.78, 5) is 37.2. The van der Waals surface area contributed by atoms with Crippen molar-refractivity contribution in [3.05, 3.63) is 40.2 Å². The van der Waals surface area contributed by atoms with E-state index in [0.717, 1.165) is 23.8 Å². The molecule has 0 bridgehead atoms. The second-order valence-corrected chi connectivity index (χ2v) is 6.36. The number of hydrogen-bond donors (Lipinski definition) is 0. The van der Waals surface area contributed by atoms with E-state index in [-0.39, 0.29) is 12.5 Å². The minimum Gasteiger partial charge on any atom is -0.482 e. The Morgan fingerprint density at radius 3 is 2.69 bits per heavy atom. The van der Waals surface area contributed by atoms with Crippen LogP contribution in [0.25, 0.3) is 11.0 Å². The standard InChI is InChI=1S/C19H21NO6/c1-12-9-17(21)26-16-10-14(5-6-15(12)16)24-11-18(22)25-13(2)19(23)20-7-3-4-8-20/h5-6,9-10,13H,3-4,7-8,11H2,1-2H3/t13-/m1/s1. The van der Waals surface area contributed by atoms with Crippen molar-refractivity contribution < 1.29 is 23.5 Å². The van der Waals surface area contributed by atoms with E-state index in [1.54, 1.807) is 30.0 Å². The van der Waals surface area contributed by atoms with E-state index in [9.17, 15) is 14.4 Å². The Kier molecular flexibility index (Phi) is 5.25. The summed E-state index contributed by atoms with van der Waals surface area (Å²) in [6, 6.07) is 6.41. The maximum absolute atomic E-state index is 12.1. The number of carbonyl (C=O) groups is 2. The first-order valence-corrected chi connectivity index (χ1v) is 8.59. The Morgan fingerprint density at radius 1 is 1.23 bits per heavy atom. The SMILES string of the molecule is Cc1cc(=O)oc2cc(OCC(=O)O[C@H](C)C(=O)N3CCCC3)ccc12. The molecule has 1 aliphatic heterocycles. The van der Waals surface area contributed by atoms with Gasteiger partial charge >= 0.3 is 11.6 Å². The normalized spacial score (nSPS) is 15.1. The second kappa shape index (κ2) is 7.59. The lowest BCUT2D eigenvalue weighted by Crippen LogP contribution is -2.38. The number of fused-ring (bicyclic) bond motifs is 1. The fourth-order valence-corrected chi connectivity index (χ4v) is 3.01. The number of rotatable bonds is 5. The highest BCUT2D eigenvalue weighted by Crippen LogP contribution is 2.22. The Morgan fingerprint density at radius 2 is 1.96 bits per heavy atom. The molecule has 0 unspecified atom stereocenters. The van der Waals surface area contributed by atoms with Crippen LogP contribution < -0.4 is 10.4 Å². The zero-order valence-electron chi connectivity index (χ0n) is 14.8. The summed E-state index contributed by atoms with van der Waals surface area (Å²) in [5.74, 6) is -0.434. The van der Waals surface area contributed by atoms with E-state index in [1.165, 1.54) is 6.07 Å². The first kappa shape index (κ1) is 18.0. The average Bonchev–Trinajstić information content (AvgIpc) is 3.13. The third-order valence-electron chi connectivity index (χ3n) is 4.35. The molecule has 7 nitrogen and oxygen atoms in total. The first-order chi connectivity index (χ1) is 12.4. The number of likely N-dealkylation sites (tertiary alicyclic amines) is 1. The minimum absolute atomic E-state index is 0.182. The largest absolute Gasteiger partial charge is 0.482 e. The monoisotopic (exact) mass is 359 g/mol. The van der Waals surface area contributed by atoms with Crippen LogP contribution >= 0.6 is 0 Å². The van der Waals surface area contributed by atoms with Crippen molar-refractivity contribution in [1.29, 1.82) is 0 Å². The van der Waals surface area contributed by atoms with Crippen LogP contribution in [0.5, 0.6) is 5.75 Å². The summed E-state index contributed by atoms with van der Waals surface area (Å²) in [7, 11) is 0. The van der Waals surface area contributed by atoms with Gasteiger partial charge in [0.1, 0.15) is 11.3 Å². The van der Waals surface area contributed by atoms with Gasteiger partial charge in [0.2, 0.25) is 0 Å².